The summed E-state index contributed by atoms with van der Waals surface area (Å²) in [5.74, 6) is -0.588. The van der Waals surface area contributed by atoms with E-state index in [9.17, 15) is 18.0 Å². The Kier molecular flexibility index (Phi) is 3.07. The molecule has 0 amide bonds. The summed E-state index contributed by atoms with van der Waals surface area (Å²) in [5.41, 5.74) is 4.22. The third kappa shape index (κ3) is 2.45. The van der Waals surface area contributed by atoms with E-state index in [-0.39, 0.29) is 29.8 Å². The Hall–Kier alpha value is -1.92. The number of esters is 1. The second-order valence-corrected chi connectivity index (χ2v) is 4.50. The summed E-state index contributed by atoms with van der Waals surface area (Å²) >= 11 is 0. The minimum atomic E-state index is -4.32. The van der Waals surface area contributed by atoms with Crippen molar-refractivity contribution in [3.8, 4) is 0 Å². The number of nitrogens with two attached hydrogens (primary N) is 1. The van der Waals surface area contributed by atoms with Crippen LogP contribution in [0.5, 0.6) is 0 Å². The summed E-state index contributed by atoms with van der Waals surface area (Å²) < 4.78 is 42.9. The number of hydrogen-bond donors (Lipinski definition) is 2. The fraction of sp³-hybridized carbons (Fsp3) is 0.417. The lowest BCUT2D eigenvalue weighted by atomic mass is 10.1. The maximum atomic E-state index is 12.8. The van der Waals surface area contributed by atoms with Crippen LogP contribution in [0.15, 0.2) is 18.2 Å². The van der Waals surface area contributed by atoms with Gasteiger partial charge in [-0.3, -0.25) is 0 Å². The van der Waals surface area contributed by atoms with E-state index in [0.717, 1.165) is 0 Å². The number of benzene rings is 1. The average Bonchev–Trinajstić information content (AvgIpc) is 3.11. The van der Waals surface area contributed by atoms with Crippen LogP contribution in [0.3, 0.4) is 0 Å². The number of rotatable bonds is 3. The molecule has 0 unspecified atom stereocenters. The molecular formula is C12H13F3N2O2. The largest absolute Gasteiger partial charge is 0.465 e. The molecule has 1 fully saturated rings. The molecule has 19 heavy (non-hydrogen) atoms. The van der Waals surface area contributed by atoms with Gasteiger partial charge < -0.3 is 15.8 Å². The van der Waals surface area contributed by atoms with Crippen molar-refractivity contribution in [1.82, 2.24) is 0 Å². The Balaban J connectivity index is 2.21. The lowest BCUT2D eigenvalue weighted by Crippen LogP contribution is -2.38. The molecule has 1 aromatic rings. The molecule has 2 rings (SSSR count). The lowest BCUT2D eigenvalue weighted by molar-refractivity contribution is -0.151. The molecule has 0 bridgehead atoms. The van der Waals surface area contributed by atoms with E-state index in [1.807, 2.05) is 0 Å². The van der Waals surface area contributed by atoms with Crippen molar-refractivity contribution in [3.05, 3.63) is 23.8 Å². The van der Waals surface area contributed by atoms with E-state index in [0.29, 0.717) is 0 Å². The van der Waals surface area contributed by atoms with Gasteiger partial charge in [-0.15, -0.1) is 0 Å². The monoisotopic (exact) mass is 274 g/mol. The molecule has 1 aliphatic carbocycles. The molecule has 0 spiro atoms. The van der Waals surface area contributed by atoms with E-state index in [2.05, 4.69) is 10.1 Å². The van der Waals surface area contributed by atoms with E-state index in [1.54, 1.807) is 0 Å². The predicted octanol–water partition coefficient (Wildman–Crippen LogP) is 2.56. The Bertz CT molecular complexity index is 510. The SMILES string of the molecule is COC(=O)c1ccc(NC2(C(F)(F)F)CC2)c(N)c1. The van der Waals surface area contributed by atoms with Crippen LogP contribution in [0.2, 0.25) is 0 Å². The molecule has 0 radical (unpaired) electrons. The number of nitrogen functional groups attached to an aromatic ring is 1. The third-order valence-electron chi connectivity index (χ3n) is 3.14. The number of hydrogen-bond acceptors (Lipinski definition) is 4. The van der Waals surface area contributed by atoms with Gasteiger partial charge in [0.2, 0.25) is 0 Å². The van der Waals surface area contributed by atoms with E-state index < -0.39 is 17.7 Å². The Morgan fingerprint density at radius 2 is 2.05 bits per heavy atom. The van der Waals surface area contributed by atoms with Gasteiger partial charge >= 0.3 is 12.1 Å². The van der Waals surface area contributed by atoms with Gasteiger partial charge in [0.05, 0.1) is 24.0 Å². The molecule has 104 valence electrons. The standard InChI is InChI=1S/C12H13F3N2O2/c1-19-10(18)7-2-3-9(8(16)6-7)17-11(4-5-11)12(13,14)15/h2-3,6,17H,4-5,16H2,1H3. The fourth-order valence-electron chi connectivity index (χ4n) is 1.78. The summed E-state index contributed by atoms with van der Waals surface area (Å²) in [5, 5.41) is 2.42. The van der Waals surface area contributed by atoms with Crippen molar-refractivity contribution < 1.29 is 22.7 Å². The molecule has 0 aliphatic heterocycles. The fourth-order valence-corrected chi connectivity index (χ4v) is 1.78. The minimum Gasteiger partial charge on any atom is -0.465 e. The highest BCUT2D eigenvalue weighted by atomic mass is 19.4. The van der Waals surface area contributed by atoms with Crippen LogP contribution < -0.4 is 11.1 Å². The molecular weight excluding hydrogens is 261 g/mol. The second kappa shape index (κ2) is 4.32. The van der Waals surface area contributed by atoms with Crippen LogP contribution >= 0.6 is 0 Å². The number of nitrogens with one attached hydrogen (secondary N) is 1. The van der Waals surface area contributed by atoms with E-state index >= 15 is 0 Å². The highest BCUT2D eigenvalue weighted by Crippen LogP contribution is 2.51. The zero-order valence-corrected chi connectivity index (χ0v) is 10.2. The Morgan fingerprint density at radius 3 is 2.47 bits per heavy atom. The summed E-state index contributed by atoms with van der Waals surface area (Å²) in [4.78, 5) is 11.3. The first-order valence-corrected chi connectivity index (χ1v) is 5.62. The van der Waals surface area contributed by atoms with Crippen LogP contribution in [0, 0.1) is 0 Å². The Morgan fingerprint density at radius 1 is 1.42 bits per heavy atom. The maximum Gasteiger partial charge on any atom is 0.411 e. The van der Waals surface area contributed by atoms with Crippen LogP contribution in [0.4, 0.5) is 24.5 Å². The predicted molar refractivity (Wildman–Crippen MR) is 63.8 cm³/mol. The second-order valence-electron chi connectivity index (χ2n) is 4.50. The number of alkyl halides is 3. The number of carbonyl (C=O) groups is 1. The molecule has 7 heteroatoms. The summed E-state index contributed by atoms with van der Waals surface area (Å²) in [6.45, 7) is 0. The lowest BCUT2D eigenvalue weighted by Gasteiger charge is -2.23. The summed E-state index contributed by atoms with van der Waals surface area (Å²) in [6, 6.07) is 4.02. The molecule has 0 saturated heterocycles. The minimum absolute atomic E-state index is 0.0225. The number of carbonyl (C=O) groups excluding carboxylic acids is 1. The van der Waals surface area contributed by atoms with E-state index in [4.69, 9.17) is 5.73 Å². The third-order valence-corrected chi connectivity index (χ3v) is 3.14. The van der Waals surface area contributed by atoms with Crippen molar-refractivity contribution >= 4 is 17.3 Å². The highest BCUT2D eigenvalue weighted by Gasteiger charge is 2.63. The van der Waals surface area contributed by atoms with Crippen molar-refractivity contribution in [1.29, 1.82) is 0 Å². The number of ether oxygens (including phenoxy) is 1. The Labute approximate surface area is 107 Å². The summed E-state index contributed by atoms with van der Waals surface area (Å²) in [7, 11) is 1.22. The zero-order chi connectivity index (χ0) is 14.3. The van der Waals surface area contributed by atoms with Crippen molar-refractivity contribution in [2.75, 3.05) is 18.2 Å². The quantitative estimate of drug-likeness (QED) is 0.656. The van der Waals surface area contributed by atoms with E-state index in [1.165, 1.54) is 25.3 Å². The van der Waals surface area contributed by atoms with Crippen LogP contribution in [-0.4, -0.2) is 24.8 Å². The molecule has 0 heterocycles. The average molecular weight is 274 g/mol. The molecule has 1 saturated carbocycles. The van der Waals surface area contributed by atoms with Gasteiger partial charge in [-0.25, -0.2) is 4.79 Å². The molecule has 0 aromatic heterocycles. The van der Waals surface area contributed by atoms with Crippen LogP contribution in [0.1, 0.15) is 23.2 Å². The highest BCUT2D eigenvalue weighted by molar-refractivity contribution is 5.91. The van der Waals surface area contributed by atoms with Crippen molar-refractivity contribution in [2.45, 2.75) is 24.6 Å². The first kappa shape index (κ1) is 13.5. The smallest absolute Gasteiger partial charge is 0.411 e. The van der Waals surface area contributed by atoms with Gasteiger partial charge in [0.25, 0.3) is 0 Å². The molecule has 0 atom stereocenters. The summed E-state index contributed by atoms with van der Waals surface area (Å²) in [6.07, 6.45) is -4.27. The van der Waals surface area contributed by atoms with Gasteiger partial charge in [-0.1, -0.05) is 0 Å². The molecule has 4 nitrogen and oxygen atoms in total. The molecule has 1 aromatic carbocycles. The first-order chi connectivity index (χ1) is 8.79. The molecule has 1 aliphatic rings. The number of halogens is 3. The van der Waals surface area contributed by atoms with Gasteiger partial charge in [0.1, 0.15) is 5.54 Å². The van der Waals surface area contributed by atoms with Crippen LogP contribution in [0.25, 0.3) is 0 Å². The van der Waals surface area contributed by atoms with Crippen molar-refractivity contribution in [3.63, 3.8) is 0 Å². The van der Waals surface area contributed by atoms with Gasteiger partial charge in [0.15, 0.2) is 0 Å². The maximum absolute atomic E-state index is 12.8. The van der Waals surface area contributed by atoms with Gasteiger partial charge in [0, 0.05) is 0 Å². The number of anilines is 2. The van der Waals surface area contributed by atoms with Gasteiger partial charge in [-0.05, 0) is 31.0 Å². The normalized spacial score (nSPS) is 16.8. The van der Waals surface area contributed by atoms with Crippen LogP contribution in [-0.2, 0) is 4.74 Å². The zero-order valence-electron chi connectivity index (χ0n) is 10.2. The van der Waals surface area contributed by atoms with Crippen molar-refractivity contribution in [2.24, 2.45) is 0 Å². The van der Waals surface area contributed by atoms with Gasteiger partial charge in [-0.2, -0.15) is 13.2 Å². The molecule has 3 N–H and O–H groups in total. The number of methoxy groups -OCH3 is 1. The topological polar surface area (TPSA) is 64.3 Å². The first-order valence-electron chi connectivity index (χ1n) is 5.62.